The first-order valence-electron chi connectivity index (χ1n) is 8.84. The fourth-order valence-corrected chi connectivity index (χ4v) is 2.74. The van der Waals surface area contributed by atoms with E-state index < -0.39 is 0 Å². The molecule has 1 heterocycles. The van der Waals surface area contributed by atoms with Crippen molar-refractivity contribution in [3.63, 3.8) is 0 Å². The minimum atomic E-state index is -0.0421. The molecule has 5 heteroatoms. The van der Waals surface area contributed by atoms with Crippen LogP contribution in [-0.2, 0) is 18.5 Å². The van der Waals surface area contributed by atoms with E-state index in [-0.39, 0.29) is 5.41 Å². The number of rotatable bonds is 4. The average molecular weight is 350 g/mol. The third kappa shape index (κ3) is 4.23. The third-order valence-electron chi connectivity index (χ3n) is 4.25. The van der Waals surface area contributed by atoms with Crippen LogP contribution >= 0.6 is 0 Å². The van der Waals surface area contributed by atoms with E-state index in [0.29, 0.717) is 24.9 Å². The highest BCUT2D eigenvalue weighted by atomic mass is 16.4. The van der Waals surface area contributed by atoms with E-state index in [1.54, 1.807) is 13.2 Å². The van der Waals surface area contributed by atoms with Crippen molar-refractivity contribution >= 4 is 16.7 Å². The minimum absolute atomic E-state index is 0.0421. The van der Waals surface area contributed by atoms with Crippen LogP contribution in [0, 0.1) is 0 Å². The second-order valence-electron chi connectivity index (χ2n) is 7.29. The Hall–Kier alpha value is -2.82. The van der Waals surface area contributed by atoms with Gasteiger partial charge in [-0.05, 0) is 16.3 Å². The molecule has 1 aromatic heterocycles. The van der Waals surface area contributed by atoms with E-state index in [1.165, 1.54) is 16.3 Å². The lowest BCUT2D eigenvalue weighted by atomic mass is 9.94. The maximum atomic E-state index is 5.81. The molecule has 0 bridgehead atoms. The smallest absolute Gasteiger partial charge is 0.213 e. The summed E-state index contributed by atoms with van der Waals surface area (Å²) in [6, 6.07) is 14.7. The lowest BCUT2D eigenvalue weighted by Crippen LogP contribution is -2.36. The van der Waals surface area contributed by atoms with Gasteiger partial charge >= 0.3 is 0 Å². The van der Waals surface area contributed by atoms with Crippen LogP contribution in [0.15, 0.2) is 58.1 Å². The molecule has 3 aromatic rings. The molecule has 2 N–H and O–H groups in total. The Bertz CT molecular complexity index is 900. The number of fused-ring (bicyclic) bond motifs is 1. The van der Waals surface area contributed by atoms with Gasteiger partial charge in [-0.2, -0.15) is 0 Å². The van der Waals surface area contributed by atoms with Gasteiger partial charge in [0.25, 0.3) is 0 Å². The van der Waals surface area contributed by atoms with Gasteiger partial charge in [-0.25, -0.2) is 4.98 Å². The average Bonchev–Trinajstić information content (AvgIpc) is 3.11. The van der Waals surface area contributed by atoms with Crippen molar-refractivity contribution in [2.45, 2.75) is 39.3 Å². The highest BCUT2D eigenvalue weighted by Gasteiger charge is 2.19. The Kier molecular flexibility index (Phi) is 5.26. The highest BCUT2D eigenvalue weighted by Crippen LogP contribution is 2.22. The maximum absolute atomic E-state index is 5.81. The third-order valence-corrected chi connectivity index (χ3v) is 4.25. The van der Waals surface area contributed by atoms with Gasteiger partial charge in [-0.15, -0.1) is 0 Å². The molecule has 0 aliphatic heterocycles. The number of hydrogen-bond acceptors (Lipinski definition) is 3. The van der Waals surface area contributed by atoms with Crippen molar-refractivity contribution in [2.24, 2.45) is 4.99 Å². The van der Waals surface area contributed by atoms with Crippen molar-refractivity contribution in [1.82, 2.24) is 15.6 Å². The van der Waals surface area contributed by atoms with Crippen LogP contribution in [0.5, 0.6) is 0 Å². The fraction of sp³-hybridized carbons (Fsp3) is 0.333. The first-order valence-corrected chi connectivity index (χ1v) is 8.84. The monoisotopic (exact) mass is 350 g/mol. The van der Waals surface area contributed by atoms with Crippen LogP contribution in [-0.4, -0.2) is 18.0 Å². The lowest BCUT2D eigenvalue weighted by molar-refractivity contribution is 0.379. The molecule has 0 atom stereocenters. The van der Waals surface area contributed by atoms with E-state index >= 15 is 0 Å². The summed E-state index contributed by atoms with van der Waals surface area (Å²) in [6.07, 6.45) is 1.79. The fourth-order valence-electron chi connectivity index (χ4n) is 2.74. The van der Waals surface area contributed by atoms with Gasteiger partial charge in [-0.3, -0.25) is 4.99 Å². The van der Waals surface area contributed by atoms with Crippen LogP contribution < -0.4 is 10.6 Å². The van der Waals surface area contributed by atoms with Gasteiger partial charge in [0.05, 0.1) is 12.7 Å². The summed E-state index contributed by atoms with van der Waals surface area (Å²) in [5.41, 5.74) is 1.19. The van der Waals surface area contributed by atoms with Gasteiger partial charge in [0.1, 0.15) is 5.76 Å². The van der Waals surface area contributed by atoms with Crippen molar-refractivity contribution in [2.75, 3.05) is 7.05 Å². The van der Waals surface area contributed by atoms with Crippen molar-refractivity contribution in [3.05, 3.63) is 65.9 Å². The first kappa shape index (κ1) is 18.0. The lowest BCUT2D eigenvalue weighted by Gasteiger charge is -2.14. The van der Waals surface area contributed by atoms with Gasteiger partial charge in [0.15, 0.2) is 5.96 Å². The number of nitrogens with one attached hydrogen (secondary N) is 2. The van der Waals surface area contributed by atoms with Crippen molar-refractivity contribution in [3.8, 4) is 0 Å². The highest BCUT2D eigenvalue weighted by molar-refractivity contribution is 5.86. The van der Waals surface area contributed by atoms with Gasteiger partial charge in [0, 0.05) is 19.0 Å². The van der Waals surface area contributed by atoms with E-state index in [0.717, 1.165) is 5.76 Å². The second kappa shape index (κ2) is 7.60. The largest absolute Gasteiger partial charge is 0.443 e. The normalized spacial score (nSPS) is 12.4. The van der Waals surface area contributed by atoms with Crippen LogP contribution in [0.4, 0.5) is 0 Å². The molecule has 0 spiro atoms. The summed E-state index contributed by atoms with van der Waals surface area (Å²) in [7, 11) is 1.76. The van der Waals surface area contributed by atoms with E-state index in [1.807, 2.05) is 0 Å². The number of benzene rings is 2. The Morgan fingerprint density at radius 1 is 1.04 bits per heavy atom. The molecular formula is C21H26N4O. The van der Waals surface area contributed by atoms with Gasteiger partial charge in [-0.1, -0.05) is 63.2 Å². The van der Waals surface area contributed by atoms with Crippen LogP contribution in [0.1, 0.15) is 38.0 Å². The minimum Gasteiger partial charge on any atom is -0.443 e. The molecule has 0 radical (unpaired) electrons. The molecule has 0 fully saturated rings. The summed E-state index contributed by atoms with van der Waals surface area (Å²) >= 11 is 0. The maximum Gasteiger partial charge on any atom is 0.213 e. The molecule has 3 rings (SSSR count). The van der Waals surface area contributed by atoms with Gasteiger partial charge in [0.2, 0.25) is 5.89 Å². The quantitative estimate of drug-likeness (QED) is 0.552. The molecular weight excluding hydrogens is 324 g/mol. The summed E-state index contributed by atoms with van der Waals surface area (Å²) in [5.74, 6) is 2.25. The zero-order valence-electron chi connectivity index (χ0n) is 15.8. The summed E-state index contributed by atoms with van der Waals surface area (Å²) < 4.78 is 5.81. The van der Waals surface area contributed by atoms with Crippen LogP contribution in [0.2, 0.25) is 0 Å². The SMILES string of the molecule is CN=C(NCc1ncc(C(C)(C)C)o1)NCc1cccc2ccccc12. The van der Waals surface area contributed by atoms with Crippen LogP contribution in [0.3, 0.4) is 0 Å². The Labute approximate surface area is 154 Å². The van der Waals surface area contributed by atoms with E-state index in [2.05, 4.69) is 83.8 Å². The number of oxazole rings is 1. The number of guanidine groups is 1. The topological polar surface area (TPSA) is 62.5 Å². The molecule has 0 aliphatic carbocycles. The molecule has 2 aromatic carbocycles. The van der Waals surface area contributed by atoms with Crippen molar-refractivity contribution in [1.29, 1.82) is 0 Å². The summed E-state index contributed by atoms with van der Waals surface area (Å²) in [6.45, 7) is 7.51. The molecule has 0 saturated heterocycles. The van der Waals surface area contributed by atoms with E-state index in [4.69, 9.17) is 4.42 Å². The summed E-state index contributed by atoms with van der Waals surface area (Å²) in [5, 5.41) is 9.10. The number of aliphatic imine (C=N–C) groups is 1. The molecule has 0 saturated carbocycles. The predicted octanol–water partition coefficient (Wildman–Crippen LogP) is 3.99. The number of hydrogen-bond donors (Lipinski definition) is 2. The molecule has 26 heavy (non-hydrogen) atoms. The van der Waals surface area contributed by atoms with Gasteiger partial charge < -0.3 is 15.1 Å². The number of nitrogens with zero attached hydrogens (tertiary/aromatic N) is 2. The van der Waals surface area contributed by atoms with Crippen molar-refractivity contribution < 1.29 is 4.42 Å². The van der Waals surface area contributed by atoms with E-state index in [9.17, 15) is 0 Å². The molecule has 0 aliphatic rings. The van der Waals surface area contributed by atoms with Crippen LogP contribution in [0.25, 0.3) is 10.8 Å². The Morgan fingerprint density at radius 3 is 2.50 bits per heavy atom. The predicted molar refractivity (Wildman–Crippen MR) is 106 cm³/mol. The zero-order chi connectivity index (χ0) is 18.6. The second-order valence-corrected chi connectivity index (χ2v) is 7.29. The first-order chi connectivity index (χ1) is 12.5. The molecule has 136 valence electrons. The number of aromatic nitrogens is 1. The standard InChI is InChI=1S/C21H26N4O/c1-21(2,3)18-13-23-19(26-18)14-25-20(22-4)24-12-16-10-7-9-15-8-5-6-11-17(15)16/h5-11,13H,12,14H2,1-4H3,(H2,22,24,25). The Morgan fingerprint density at radius 2 is 1.77 bits per heavy atom. The molecule has 5 nitrogen and oxygen atoms in total. The molecule has 0 unspecified atom stereocenters. The molecule has 0 amide bonds. The Balaban J connectivity index is 1.61. The summed E-state index contributed by atoms with van der Waals surface area (Å²) in [4.78, 5) is 8.61. The zero-order valence-corrected chi connectivity index (χ0v) is 15.8.